The van der Waals surface area contributed by atoms with Crippen molar-refractivity contribution in [2.75, 3.05) is 14.1 Å². The first-order chi connectivity index (χ1) is 7.24. The van der Waals surface area contributed by atoms with Crippen molar-refractivity contribution in [3.63, 3.8) is 0 Å². The topological polar surface area (TPSA) is 28.0 Å². The fourth-order valence-electron chi connectivity index (χ4n) is 2.94. The highest BCUT2D eigenvalue weighted by Crippen LogP contribution is 2.52. The van der Waals surface area contributed by atoms with Gasteiger partial charge in [-0.2, -0.15) is 5.11 Å². The van der Waals surface area contributed by atoms with Gasteiger partial charge in [-0.3, -0.25) is 5.01 Å². The summed E-state index contributed by atoms with van der Waals surface area (Å²) in [6.45, 7) is 2.40. The SMILES string of the molecule is CN=NN(C)/C1=C/CC[C@@H]2C(C)[C@@H]2CC1. The highest BCUT2D eigenvalue weighted by molar-refractivity contribution is 5.06. The fourth-order valence-corrected chi connectivity index (χ4v) is 2.94. The molecule has 0 heterocycles. The van der Waals surface area contributed by atoms with Crippen LogP contribution in [-0.4, -0.2) is 19.1 Å². The molecular weight excluding hydrogens is 186 g/mol. The maximum atomic E-state index is 4.07. The van der Waals surface area contributed by atoms with E-state index in [2.05, 4.69) is 23.3 Å². The van der Waals surface area contributed by atoms with E-state index in [0.717, 1.165) is 17.8 Å². The number of hydrogen-bond donors (Lipinski definition) is 0. The lowest BCUT2D eigenvalue weighted by atomic mass is 10.0. The number of nitrogens with zero attached hydrogens (tertiary/aromatic N) is 3. The van der Waals surface area contributed by atoms with Gasteiger partial charge in [0.2, 0.25) is 0 Å². The molecule has 1 fully saturated rings. The summed E-state index contributed by atoms with van der Waals surface area (Å²) in [7, 11) is 3.72. The van der Waals surface area contributed by atoms with E-state index in [4.69, 9.17) is 0 Å². The molecule has 0 amide bonds. The third kappa shape index (κ3) is 2.21. The van der Waals surface area contributed by atoms with Crippen LogP contribution in [0.2, 0.25) is 0 Å². The third-order valence-electron chi connectivity index (χ3n) is 4.01. The fraction of sp³-hybridized carbons (Fsp3) is 0.833. The summed E-state index contributed by atoms with van der Waals surface area (Å²) in [5.74, 6) is 2.97. The quantitative estimate of drug-likeness (QED) is 0.504. The second-order valence-corrected chi connectivity index (χ2v) is 4.81. The molecule has 0 aromatic heterocycles. The molecule has 1 saturated carbocycles. The molecule has 0 N–H and O–H groups in total. The number of rotatable bonds is 2. The van der Waals surface area contributed by atoms with Gasteiger partial charge in [-0.1, -0.05) is 18.2 Å². The van der Waals surface area contributed by atoms with Crippen LogP contribution in [0.15, 0.2) is 22.1 Å². The smallest absolute Gasteiger partial charge is 0.0509 e. The molecule has 0 saturated heterocycles. The van der Waals surface area contributed by atoms with Crippen molar-refractivity contribution in [1.82, 2.24) is 5.01 Å². The van der Waals surface area contributed by atoms with E-state index in [1.165, 1.54) is 31.4 Å². The minimum Gasteiger partial charge on any atom is -0.255 e. The Morgan fingerprint density at radius 2 is 2.07 bits per heavy atom. The standard InChI is InChI=1S/C12H21N3/c1-9-11-6-4-5-10(7-8-12(9)11)15(3)14-13-2/h5,9,11-12H,4,6-8H2,1-3H3/b10-5+,14-13?/t9?,11-,12+/m1/s1. The minimum atomic E-state index is 0.968. The maximum Gasteiger partial charge on any atom is 0.0509 e. The van der Waals surface area contributed by atoms with Crippen molar-refractivity contribution in [3.8, 4) is 0 Å². The lowest BCUT2D eigenvalue weighted by Gasteiger charge is -2.17. The molecule has 3 atom stereocenters. The molecule has 3 nitrogen and oxygen atoms in total. The Bertz CT molecular complexity index is 283. The van der Waals surface area contributed by atoms with Crippen LogP contribution in [0.3, 0.4) is 0 Å². The number of allylic oxidation sites excluding steroid dienone is 2. The number of fused-ring (bicyclic) bond motifs is 1. The maximum absolute atomic E-state index is 4.07. The van der Waals surface area contributed by atoms with E-state index in [-0.39, 0.29) is 0 Å². The zero-order chi connectivity index (χ0) is 10.8. The summed E-state index contributed by atoms with van der Waals surface area (Å²) in [6.07, 6.45) is 7.43. The predicted molar refractivity (Wildman–Crippen MR) is 61.2 cm³/mol. The van der Waals surface area contributed by atoms with Gasteiger partial charge in [-0.15, -0.1) is 0 Å². The second-order valence-electron chi connectivity index (χ2n) is 4.81. The average Bonchev–Trinajstić information content (AvgIpc) is 2.74. The summed E-state index contributed by atoms with van der Waals surface area (Å²) in [4.78, 5) is 0. The summed E-state index contributed by atoms with van der Waals surface area (Å²) < 4.78 is 0. The van der Waals surface area contributed by atoms with Crippen LogP contribution in [-0.2, 0) is 0 Å². The lowest BCUT2D eigenvalue weighted by Crippen LogP contribution is -2.11. The first-order valence-corrected chi connectivity index (χ1v) is 5.96. The molecule has 0 aliphatic heterocycles. The number of hydrogen-bond acceptors (Lipinski definition) is 2. The second kappa shape index (κ2) is 4.33. The van der Waals surface area contributed by atoms with Crippen molar-refractivity contribution in [3.05, 3.63) is 11.8 Å². The molecule has 0 aromatic carbocycles. The zero-order valence-electron chi connectivity index (χ0n) is 9.98. The van der Waals surface area contributed by atoms with E-state index in [1.807, 2.05) is 12.1 Å². The predicted octanol–water partition coefficient (Wildman–Crippen LogP) is 3.26. The first kappa shape index (κ1) is 10.7. The highest BCUT2D eigenvalue weighted by Gasteiger charge is 2.45. The Morgan fingerprint density at radius 3 is 2.80 bits per heavy atom. The van der Waals surface area contributed by atoms with Gasteiger partial charge >= 0.3 is 0 Å². The van der Waals surface area contributed by atoms with Gasteiger partial charge in [-0.25, -0.2) is 0 Å². The highest BCUT2D eigenvalue weighted by atomic mass is 15.5. The van der Waals surface area contributed by atoms with Gasteiger partial charge in [0.05, 0.1) is 7.05 Å². The van der Waals surface area contributed by atoms with Gasteiger partial charge in [0, 0.05) is 12.7 Å². The van der Waals surface area contributed by atoms with Gasteiger partial charge in [0.1, 0.15) is 0 Å². The summed E-state index contributed by atoms with van der Waals surface area (Å²) in [5, 5.41) is 9.81. The molecule has 84 valence electrons. The Labute approximate surface area is 92.2 Å². The van der Waals surface area contributed by atoms with Crippen molar-refractivity contribution in [1.29, 1.82) is 0 Å². The molecule has 0 bridgehead atoms. The Morgan fingerprint density at radius 1 is 1.33 bits per heavy atom. The monoisotopic (exact) mass is 207 g/mol. The lowest BCUT2D eigenvalue weighted by molar-refractivity contribution is 0.381. The molecule has 0 aromatic rings. The third-order valence-corrected chi connectivity index (χ3v) is 4.01. The summed E-state index contributed by atoms with van der Waals surface area (Å²) >= 11 is 0. The largest absolute Gasteiger partial charge is 0.255 e. The van der Waals surface area contributed by atoms with E-state index in [1.54, 1.807) is 7.05 Å². The minimum absolute atomic E-state index is 0.968. The molecule has 2 rings (SSSR count). The van der Waals surface area contributed by atoms with Crippen LogP contribution in [0, 0.1) is 17.8 Å². The van der Waals surface area contributed by atoms with Crippen molar-refractivity contribution >= 4 is 0 Å². The van der Waals surface area contributed by atoms with E-state index >= 15 is 0 Å². The molecule has 0 spiro atoms. The summed E-state index contributed by atoms with van der Waals surface area (Å²) in [5.41, 5.74) is 1.35. The zero-order valence-corrected chi connectivity index (χ0v) is 9.98. The molecule has 0 radical (unpaired) electrons. The van der Waals surface area contributed by atoms with E-state index < -0.39 is 0 Å². The van der Waals surface area contributed by atoms with Gasteiger partial charge in [0.15, 0.2) is 0 Å². The average molecular weight is 207 g/mol. The Kier molecular flexibility index (Phi) is 3.08. The van der Waals surface area contributed by atoms with Crippen molar-refractivity contribution < 1.29 is 0 Å². The molecular formula is C12H21N3. The van der Waals surface area contributed by atoms with Gasteiger partial charge in [0.25, 0.3) is 0 Å². The Balaban J connectivity index is 1.96. The molecule has 1 unspecified atom stereocenters. The Hall–Kier alpha value is -0.860. The normalized spacial score (nSPS) is 38.9. The molecule has 2 aliphatic carbocycles. The molecule has 15 heavy (non-hydrogen) atoms. The van der Waals surface area contributed by atoms with Crippen LogP contribution in [0.4, 0.5) is 0 Å². The van der Waals surface area contributed by atoms with Crippen LogP contribution in [0.5, 0.6) is 0 Å². The molecule has 2 aliphatic rings. The van der Waals surface area contributed by atoms with Gasteiger partial charge < -0.3 is 0 Å². The first-order valence-electron chi connectivity index (χ1n) is 5.96. The van der Waals surface area contributed by atoms with Gasteiger partial charge in [-0.05, 0) is 43.4 Å². The van der Waals surface area contributed by atoms with E-state index in [0.29, 0.717) is 0 Å². The van der Waals surface area contributed by atoms with Crippen LogP contribution < -0.4 is 0 Å². The summed E-state index contributed by atoms with van der Waals surface area (Å²) in [6, 6.07) is 0. The van der Waals surface area contributed by atoms with Crippen LogP contribution in [0.1, 0.15) is 32.6 Å². The van der Waals surface area contributed by atoms with Crippen LogP contribution in [0.25, 0.3) is 0 Å². The van der Waals surface area contributed by atoms with Crippen LogP contribution >= 0.6 is 0 Å². The van der Waals surface area contributed by atoms with E-state index in [9.17, 15) is 0 Å². The van der Waals surface area contributed by atoms with Crippen molar-refractivity contribution in [2.24, 2.45) is 28.1 Å². The molecule has 3 heteroatoms. The van der Waals surface area contributed by atoms with Crippen molar-refractivity contribution in [2.45, 2.75) is 32.6 Å².